The molecule has 4 rings (SSSR count). The predicted molar refractivity (Wildman–Crippen MR) is 165 cm³/mol. The molecule has 2 aliphatic heterocycles. The van der Waals surface area contributed by atoms with E-state index in [2.05, 4.69) is 29.8 Å². The van der Waals surface area contributed by atoms with Gasteiger partial charge in [0, 0.05) is 25.7 Å². The van der Waals surface area contributed by atoms with E-state index in [0.717, 1.165) is 17.5 Å². The highest BCUT2D eigenvalue weighted by molar-refractivity contribution is 5.88. The lowest BCUT2D eigenvalue weighted by Crippen LogP contribution is -2.53. The summed E-state index contributed by atoms with van der Waals surface area (Å²) in [5.74, 6) is 1.12. The Labute approximate surface area is 259 Å². The number of carbonyl (C=O) groups excluding carboxylic acids is 3. The maximum absolute atomic E-state index is 13.4. The van der Waals surface area contributed by atoms with Crippen molar-refractivity contribution in [3.63, 3.8) is 0 Å². The zero-order chi connectivity index (χ0) is 31.6. The van der Waals surface area contributed by atoms with E-state index in [-0.39, 0.29) is 43.6 Å². The minimum Gasteiger partial charge on any atom is -0.454 e. The lowest BCUT2D eigenvalue weighted by atomic mass is 10.0. The smallest absolute Gasteiger partial charge is 0.407 e. The minimum atomic E-state index is -0.785. The van der Waals surface area contributed by atoms with Crippen molar-refractivity contribution in [1.82, 2.24) is 20.9 Å². The van der Waals surface area contributed by atoms with E-state index in [4.69, 9.17) is 14.2 Å². The fourth-order valence-electron chi connectivity index (χ4n) is 5.62. The van der Waals surface area contributed by atoms with E-state index in [9.17, 15) is 19.5 Å². The predicted octanol–water partition coefficient (Wildman–Crippen LogP) is 2.99. The molecule has 2 heterocycles. The first-order chi connectivity index (χ1) is 21.0. The molecule has 3 amide bonds. The molecule has 4 N–H and O–H groups in total. The number of ether oxygens (including phenoxy) is 3. The molecule has 4 atom stereocenters. The summed E-state index contributed by atoms with van der Waals surface area (Å²) >= 11 is 0. The largest absolute Gasteiger partial charge is 0.454 e. The molecule has 1 fully saturated rings. The minimum absolute atomic E-state index is 0.0936. The molecule has 2 aromatic carbocycles. The first kappa shape index (κ1) is 33.1. The molecule has 0 aliphatic carbocycles. The van der Waals surface area contributed by atoms with Gasteiger partial charge in [0.1, 0.15) is 12.6 Å². The average Bonchev–Trinajstić information content (AvgIpc) is 3.56. The van der Waals surface area contributed by atoms with E-state index in [0.29, 0.717) is 43.5 Å². The van der Waals surface area contributed by atoms with Crippen LogP contribution in [0.2, 0.25) is 0 Å². The molecule has 2 aromatic rings. The summed E-state index contributed by atoms with van der Waals surface area (Å²) in [6.07, 6.45) is 0.00746. The third-order valence-electron chi connectivity index (χ3n) is 7.62. The Morgan fingerprint density at radius 3 is 2.39 bits per heavy atom. The molecule has 11 heteroatoms. The molecule has 11 nitrogen and oxygen atoms in total. The second-order valence-electron chi connectivity index (χ2n) is 12.5. The molecule has 0 bridgehead atoms. The third-order valence-corrected chi connectivity index (χ3v) is 7.62. The average molecular weight is 611 g/mol. The van der Waals surface area contributed by atoms with Crippen molar-refractivity contribution in [3.05, 3.63) is 59.7 Å². The highest BCUT2D eigenvalue weighted by atomic mass is 16.7. The third kappa shape index (κ3) is 10.1. The van der Waals surface area contributed by atoms with Gasteiger partial charge >= 0.3 is 6.09 Å². The lowest BCUT2D eigenvalue weighted by Gasteiger charge is -2.26. The second kappa shape index (κ2) is 15.8. The molecule has 0 radical (unpaired) electrons. The molecule has 0 spiro atoms. The van der Waals surface area contributed by atoms with Gasteiger partial charge < -0.3 is 35.3 Å². The van der Waals surface area contributed by atoms with Gasteiger partial charge in [-0.05, 0) is 47.9 Å². The van der Waals surface area contributed by atoms with Crippen LogP contribution in [0.5, 0.6) is 11.5 Å². The summed E-state index contributed by atoms with van der Waals surface area (Å²) in [6.45, 7) is 9.76. The number of fused-ring (bicyclic) bond motifs is 1. The van der Waals surface area contributed by atoms with Crippen molar-refractivity contribution in [2.75, 3.05) is 26.4 Å². The number of amides is 3. The Bertz CT molecular complexity index is 1260. The van der Waals surface area contributed by atoms with Crippen molar-refractivity contribution in [2.24, 2.45) is 11.8 Å². The standard InChI is InChI=1S/C33H46N4O7/c1-21(2)12-25(34-33(41)42-19-23-8-6-5-7-9-23)16-37-17-27(28(38)18-37)36-32(40)26(13-22(3)4)35-31(39)15-24-10-11-29-30(14-24)44-20-43-29/h5-11,14,21-22,25-28,38H,12-13,15-20H2,1-4H3,(H,34,41)(H,35,39)(H,36,40)/t25-,26-,27?,28?/m0/s1. The number of hydrogen-bond acceptors (Lipinski definition) is 8. The molecule has 2 aliphatic rings. The van der Waals surface area contributed by atoms with E-state index < -0.39 is 24.3 Å². The van der Waals surface area contributed by atoms with E-state index in [1.54, 1.807) is 18.2 Å². The van der Waals surface area contributed by atoms with Crippen LogP contribution in [0.25, 0.3) is 0 Å². The number of benzene rings is 2. The number of hydrogen-bond donors (Lipinski definition) is 4. The van der Waals surface area contributed by atoms with Gasteiger partial charge in [-0.1, -0.05) is 64.1 Å². The highest BCUT2D eigenvalue weighted by Crippen LogP contribution is 2.32. The Hall–Kier alpha value is -3.83. The number of carbonyl (C=O) groups is 3. The van der Waals surface area contributed by atoms with Gasteiger partial charge in [-0.25, -0.2) is 4.79 Å². The molecular formula is C33H46N4O7. The summed E-state index contributed by atoms with van der Waals surface area (Å²) < 4.78 is 16.2. The molecule has 240 valence electrons. The van der Waals surface area contributed by atoms with Crippen molar-refractivity contribution >= 4 is 17.9 Å². The first-order valence-electron chi connectivity index (χ1n) is 15.4. The summed E-state index contributed by atoms with van der Waals surface area (Å²) in [5, 5.41) is 19.7. The van der Waals surface area contributed by atoms with Gasteiger partial charge in [0.05, 0.1) is 18.6 Å². The molecular weight excluding hydrogens is 564 g/mol. The van der Waals surface area contributed by atoms with Crippen LogP contribution in [-0.4, -0.2) is 78.6 Å². The van der Waals surface area contributed by atoms with Crippen molar-refractivity contribution < 1.29 is 33.7 Å². The number of β-amino-alcohol motifs (C(OH)–C–C–N with tert-alkyl or cyclic N) is 1. The molecule has 44 heavy (non-hydrogen) atoms. The summed E-state index contributed by atoms with van der Waals surface area (Å²) in [5.41, 5.74) is 1.66. The van der Waals surface area contributed by atoms with Crippen LogP contribution in [0, 0.1) is 11.8 Å². The van der Waals surface area contributed by atoms with Crippen LogP contribution in [0.1, 0.15) is 51.7 Å². The van der Waals surface area contributed by atoms with Crippen molar-refractivity contribution in [3.8, 4) is 11.5 Å². The van der Waals surface area contributed by atoms with Gasteiger partial charge in [0.15, 0.2) is 11.5 Å². The van der Waals surface area contributed by atoms with E-state index in [1.165, 1.54) is 0 Å². The second-order valence-corrected chi connectivity index (χ2v) is 12.5. The summed E-state index contributed by atoms with van der Waals surface area (Å²) in [6, 6.07) is 13.4. The van der Waals surface area contributed by atoms with E-state index in [1.807, 2.05) is 49.1 Å². The fraction of sp³-hybridized carbons (Fsp3) is 0.545. The van der Waals surface area contributed by atoms with Crippen LogP contribution in [0.4, 0.5) is 4.79 Å². The highest BCUT2D eigenvalue weighted by Gasteiger charge is 2.35. The number of nitrogens with zero attached hydrogens (tertiary/aromatic N) is 1. The quantitative estimate of drug-likeness (QED) is 0.256. The number of aliphatic hydroxyl groups is 1. The Morgan fingerprint density at radius 1 is 0.932 bits per heavy atom. The topological polar surface area (TPSA) is 138 Å². The SMILES string of the molecule is CC(C)C[C@@H](CN1CC(O)C(NC(=O)[C@H](CC(C)C)NC(=O)Cc2ccc3c(c2)OCO3)C1)NC(=O)OCc1ccccc1. The van der Waals surface area contributed by atoms with Crippen LogP contribution < -0.4 is 25.4 Å². The monoisotopic (exact) mass is 610 g/mol. The summed E-state index contributed by atoms with van der Waals surface area (Å²) in [4.78, 5) is 40.9. The van der Waals surface area contributed by atoms with Crippen LogP contribution >= 0.6 is 0 Å². The number of aliphatic hydroxyl groups excluding tert-OH is 1. The Morgan fingerprint density at radius 2 is 1.66 bits per heavy atom. The maximum atomic E-state index is 13.4. The number of nitrogens with one attached hydrogen (secondary N) is 3. The van der Waals surface area contributed by atoms with Gasteiger partial charge in [0.2, 0.25) is 18.6 Å². The Kier molecular flexibility index (Phi) is 11.8. The molecule has 0 aromatic heterocycles. The first-order valence-corrected chi connectivity index (χ1v) is 15.4. The van der Waals surface area contributed by atoms with Gasteiger partial charge in [-0.3, -0.25) is 14.5 Å². The fourth-order valence-corrected chi connectivity index (χ4v) is 5.62. The van der Waals surface area contributed by atoms with Crippen molar-refractivity contribution in [1.29, 1.82) is 0 Å². The zero-order valence-corrected chi connectivity index (χ0v) is 26.1. The van der Waals surface area contributed by atoms with Gasteiger partial charge in [0.25, 0.3) is 0 Å². The van der Waals surface area contributed by atoms with Crippen LogP contribution in [-0.2, 0) is 27.4 Å². The lowest BCUT2D eigenvalue weighted by molar-refractivity contribution is -0.129. The normalized spacial score (nSPS) is 19.1. The van der Waals surface area contributed by atoms with E-state index >= 15 is 0 Å². The van der Waals surface area contributed by atoms with Gasteiger partial charge in [-0.15, -0.1) is 0 Å². The van der Waals surface area contributed by atoms with Crippen molar-refractivity contribution in [2.45, 2.75) is 77.8 Å². The molecule has 0 saturated carbocycles. The number of likely N-dealkylation sites (tertiary alicyclic amines) is 1. The van der Waals surface area contributed by atoms with Crippen LogP contribution in [0.15, 0.2) is 48.5 Å². The number of rotatable bonds is 14. The summed E-state index contributed by atoms with van der Waals surface area (Å²) in [7, 11) is 0. The van der Waals surface area contributed by atoms with Crippen LogP contribution in [0.3, 0.4) is 0 Å². The molecule has 2 unspecified atom stereocenters. The Balaban J connectivity index is 1.29. The number of alkyl carbamates (subject to hydrolysis) is 1. The maximum Gasteiger partial charge on any atom is 0.407 e. The molecule has 1 saturated heterocycles. The van der Waals surface area contributed by atoms with Gasteiger partial charge in [-0.2, -0.15) is 0 Å². The zero-order valence-electron chi connectivity index (χ0n) is 26.1.